The van der Waals surface area contributed by atoms with Crippen LogP contribution in [0.3, 0.4) is 0 Å². The lowest BCUT2D eigenvalue weighted by Crippen LogP contribution is -2.12. The topological polar surface area (TPSA) is 26.0 Å². The van der Waals surface area contributed by atoms with E-state index in [-0.39, 0.29) is 6.04 Å². The fraction of sp³-hybridized carbons (Fsp3) is 0.167. The maximum Gasteiger partial charge on any atom is 0.0561 e. The van der Waals surface area contributed by atoms with Crippen molar-refractivity contribution in [2.75, 3.05) is 0 Å². The van der Waals surface area contributed by atoms with Crippen molar-refractivity contribution < 1.29 is 0 Å². The Bertz CT molecular complexity index is 481. The summed E-state index contributed by atoms with van der Waals surface area (Å²) < 4.78 is 0. The van der Waals surface area contributed by atoms with Gasteiger partial charge >= 0.3 is 0 Å². The minimum atomic E-state index is -0.0639. The minimum Gasteiger partial charge on any atom is -0.323 e. The van der Waals surface area contributed by atoms with Gasteiger partial charge in [0.15, 0.2) is 0 Å². The minimum absolute atomic E-state index is 0.0639. The van der Waals surface area contributed by atoms with Crippen LogP contribution in [0.25, 0.3) is 0 Å². The van der Waals surface area contributed by atoms with E-state index in [2.05, 4.69) is 0 Å². The fourth-order valence-corrected chi connectivity index (χ4v) is 2.99. The summed E-state index contributed by atoms with van der Waals surface area (Å²) in [7, 11) is 0. The Morgan fingerprint density at radius 1 is 1.25 bits per heavy atom. The van der Waals surface area contributed by atoms with E-state index in [0.717, 1.165) is 26.9 Å². The van der Waals surface area contributed by atoms with E-state index in [1.165, 1.54) is 0 Å². The molecule has 16 heavy (non-hydrogen) atoms. The van der Waals surface area contributed by atoms with Gasteiger partial charge in [0, 0.05) is 15.9 Å². The highest BCUT2D eigenvalue weighted by atomic mass is 35.5. The fourth-order valence-electron chi connectivity index (χ4n) is 1.58. The molecule has 0 fully saturated rings. The van der Waals surface area contributed by atoms with Crippen LogP contribution in [-0.4, -0.2) is 0 Å². The standard InChI is InChI=1S/C12H11Cl2NS/c13-9-3-1-2-8(6-9)7-11(15)12-10(14)4-5-16-12/h1-6,11H,7,15H2. The number of nitrogens with two attached hydrogens (primary N) is 1. The molecule has 0 aliphatic rings. The van der Waals surface area contributed by atoms with Gasteiger partial charge in [0.25, 0.3) is 0 Å². The zero-order chi connectivity index (χ0) is 11.5. The third-order valence-electron chi connectivity index (χ3n) is 2.33. The van der Waals surface area contributed by atoms with Gasteiger partial charge in [-0.1, -0.05) is 35.3 Å². The molecule has 0 spiro atoms. The molecule has 4 heteroatoms. The zero-order valence-electron chi connectivity index (χ0n) is 8.49. The molecule has 1 nitrogen and oxygen atoms in total. The van der Waals surface area contributed by atoms with E-state index in [1.807, 2.05) is 35.7 Å². The van der Waals surface area contributed by atoms with Gasteiger partial charge in [-0.25, -0.2) is 0 Å². The number of thiophene rings is 1. The summed E-state index contributed by atoms with van der Waals surface area (Å²) in [5.41, 5.74) is 7.23. The molecule has 0 bridgehead atoms. The lowest BCUT2D eigenvalue weighted by atomic mass is 10.1. The Morgan fingerprint density at radius 2 is 2.06 bits per heavy atom. The first-order valence-corrected chi connectivity index (χ1v) is 6.53. The number of benzene rings is 1. The molecule has 84 valence electrons. The SMILES string of the molecule is NC(Cc1cccc(Cl)c1)c1sccc1Cl. The highest BCUT2D eigenvalue weighted by Gasteiger charge is 2.12. The van der Waals surface area contributed by atoms with Crippen LogP contribution in [0.4, 0.5) is 0 Å². The van der Waals surface area contributed by atoms with Crippen LogP contribution < -0.4 is 5.73 Å². The van der Waals surface area contributed by atoms with Crippen LogP contribution in [0.2, 0.25) is 10.0 Å². The van der Waals surface area contributed by atoms with Gasteiger partial charge in [-0.05, 0) is 35.6 Å². The van der Waals surface area contributed by atoms with Crippen LogP contribution in [0.5, 0.6) is 0 Å². The lowest BCUT2D eigenvalue weighted by Gasteiger charge is -2.10. The summed E-state index contributed by atoms with van der Waals surface area (Å²) in [5, 5.41) is 3.44. The maximum atomic E-state index is 6.11. The first kappa shape index (κ1) is 11.9. The van der Waals surface area contributed by atoms with Crippen LogP contribution in [0.1, 0.15) is 16.5 Å². The second-order valence-corrected chi connectivity index (χ2v) is 5.36. The molecule has 0 amide bonds. The molecule has 2 N–H and O–H groups in total. The average molecular weight is 272 g/mol. The molecule has 1 atom stereocenters. The van der Waals surface area contributed by atoms with Crippen molar-refractivity contribution in [1.82, 2.24) is 0 Å². The third-order valence-corrected chi connectivity index (χ3v) is 4.05. The van der Waals surface area contributed by atoms with E-state index >= 15 is 0 Å². The summed E-state index contributed by atoms with van der Waals surface area (Å²) in [4.78, 5) is 1.03. The van der Waals surface area contributed by atoms with Crippen molar-refractivity contribution in [3.8, 4) is 0 Å². The molecule has 0 aliphatic heterocycles. The summed E-state index contributed by atoms with van der Waals surface area (Å²) in [6.45, 7) is 0. The Labute approximate surface area is 109 Å². The van der Waals surface area contributed by atoms with E-state index < -0.39 is 0 Å². The molecule has 0 saturated carbocycles. The molecule has 1 aromatic heterocycles. The highest BCUT2D eigenvalue weighted by Crippen LogP contribution is 2.29. The Hall–Kier alpha value is -0.540. The first-order chi connectivity index (χ1) is 7.66. The summed E-state index contributed by atoms with van der Waals surface area (Å²) in [5.74, 6) is 0. The number of rotatable bonds is 3. The molecule has 0 radical (unpaired) electrons. The van der Waals surface area contributed by atoms with E-state index in [9.17, 15) is 0 Å². The van der Waals surface area contributed by atoms with Crippen molar-refractivity contribution in [1.29, 1.82) is 0 Å². The highest BCUT2D eigenvalue weighted by molar-refractivity contribution is 7.10. The van der Waals surface area contributed by atoms with E-state index in [4.69, 9.17) is 28.9 Å². The zero-order valence-corrected chi connectivity index (χ0v) is 10.8. The smallest absolute Gasteiger partial charge is 0.0561 e. The van der Waals surface area contributed by atoms with Crippen molar-refractivity contribution in [2.45, 2.75) is 12.5 Å². The summed E-state index contributed by atoms with van der Waals surface area (Å²) in [6, 6.07) is 9.55. The van der Waals surface area contributed by atoms with Crippen molar-refractivity contribution >= 4 is 34.5 Å². The van der Waals surface area contributed by atoms with Gasteiger partial charge in [-0.2, -0.15) is 0 Å². The molecular formula is C12H11Cl2NS. The van der Waals surface area contributed by atoms with Gasteiger partial charge in [0.2, 0.25) is 0 Å². The molecule has 0 saturated heterocycles. The number of halogens is 2. The normalized spacial score (nSPS) is 12.7. The van der Waals surface area contributed by atoms with Crippen molar-refractivity contribution in [3.63, 3.8) is 0 Å². The van der Waals surface area contributed by atoms with Gasteiger partial charge in [0.05, 0.1) is 5.02 Å². The lowest BCUT2D eigenvalue weighted by molar-refractivity contribution is 0.737. The molecule has 2 rings (SSSR count). The van der Waals surface area contributed by atoms with Gasteiger partial charge < -0.3 is 5.73 Å². The van der Waals surface area contributed by atoms with E-state index in [1.54, 1.807) is 11.3 Å². The van der Waals surface area contributed by atoms with Crippen molar-refractivity contribution in [3.05, 3.63) is 56.2 Å². The predicted octanol–water partition coefficient (Wildman–Crippen LogP) is 4.30. The maximum absolute atomic E-state index is 6.11. The second kappa shape index (κ2) is 5.19. The molecule has 0 aliphatic carbocycles. The van der Waals surface area contributed by atoms with Gasteiger partial charge in [-0.15, -0.1) is 11.3 Å². The van der Waals surface area contributed by atoms with Crippen LogP contribution >= 0.6 is 34.5 Å². The third kappa shape index (κ3) is 2.77. The molecule has 1 aromatic carbocycles. The second-order valence-electron chi connectivity index (χ2n) is 3.57. The largest absolute Gasteiger partial charge is 0.323 e. The number of hydrogen-bond donors (Lipinski definition) is 1. The first-order valence-electron chi connectivity index (χ1n) is 4.89. The Balaban J connectivity index is 2.14. The predicted molar refractivity (Wildman–Crippen MR) is 71.4 cm³/mol. The molecular weight excluding hydrogens is 261 g/mol. The van der Waals surface area contributed by atoms with Gasteiger partial charge in [0.1, 0.15) is 0 Å². The monoisotopic (exact) mass is 271 g/mol. The van der Waals surface area contributed by atoms with Crippen LogP contribution in [0.15, 0.2) is 35.7 Å². The average Bonchev–Trinajstić information content (AvgIpc) is 2.64. The van der Waals surface area contributed by atoms with Gasteiger partial charge in [-0.3, -0.25) is 0 Å². The quantitative estimate of drug-likeness (QED) is 0.885. The number of hydrogen-bond acceptors (Lipinski definition) is 2. The van der Waals surface area contributed by atoms with Crippen LogP contribution in [-0.2, 0) is 6.42 Å². The van der Waals surface area contributed by atoms with Crippen molar-refractivity contribution in [2.24, 2.45) is 5.73 Å². The summed E-state index contributed by atoms with van der Waals surface area (Å²) >= 11 is 13.5. The van der Waals surface area contributed by atoms with Crippen LogP contribution in [0, 0.1) is 0 Å². The molecule has 1 heterocycles. The van der Waals surface area contributed by atoms with E-state index in [0.29, 0.717) is 0 Å². The Kier molecular flexibility index (Phi) is 3.87. The molecule has 2 aromatic rings. The summed E-state index contributed by atoms with van der Waals surface area (Å²) in [6.07, 6.45) is 0.751. The molecule has 1 unspecified atom stereocenters. The Morgan fingerprint density at radius 3 is 2.69 bits per heavy atom.